The normalized spacial score (nSPS) is 22.2. The molecule has 1 saturated heterocycles. The highest BCUT2D eigenvalue weighted by Gasteiger charge is 2.46. The van der Waals surface area contributed by atoms with Gasteiger partial charge in [-0.05, 0) is 36.3 Å². The molecule has 0 spiro atoms. The maximum atomic E-state index is 12.6. The molecular formula is C23H43N3O6Si2. The van der Waals surface area contributed by atoms with Gasteiger partial charge in [0.1, 0.15) is 12.3 Å². The van der Waals surface area contributed by atoms with Gasteiger partial charge in [0.05, 0.1) is 19.1 Å². The minimum atomic E-state index is -2.14. The lowest BCUT2D eigenvalue weighted by molar-refractivity contribution is -0.117. The summed E-state index contributed by atoms with van der Waals surface area (Å²) in [6, 6.07) is 0. The lowest BCUT2D eigenvalue weighted by atomic mass is 10.2. The Morgan fingerprint density at radius 2 is 1.68 bits per heavy atom. The second kappa shape index (κ2) is 9.84. The topological polar surface area (TPSA) is 126 Å². The Labute approximate surface area is 204 Å². The second-order valence-corrected chi connectivity index (χ2v) is 21.9. The number of primary amides is 1. The van der Waals surface area contributed by atoms with Crippen LogP contribution in [0.2, 0.25) is 36.3 Å². The van der Waals surface area contributed by atoms with E-state index in [2.05, 4.69) is 72.7 Å². The van der Waals surface area contributed by atoms with Crippen molar-refractivity contribution in [1.82, 2.24) is 9.55 Å². The number of aromatic nitrogens is 2. The summed E-state index contributed by atoms with van der Waals surface area (Å²) in [4.78, 5) is 38.4. The van der Waals surface area contributed by atoms with Gasteiger partial charge in [-0.25, -0.2) is 4.79 Å². The minimum Gasteiger partial charge on any atom is -0.414 e. The van der Waals surface area contributed by atoms with Crippen molar-refractivity contribution in [3.8, 4) is 0 Å². The van der Waals surface area contributed by atoms with Crippen LogP contribution in [0.5, 0.6) is 0 Å². The summed E-state index contributed by atoms with van der Waals surface area (Å²) in [6.45, 7) is 22.2. The van der Waals surface area contributed by atoms with Crippen molar-refractivity contribution in [2.75, 3.05) is 6.61 Å². The highest BCUT2D eigenvalue weighted by molar-refractivity contribution is 6.74. The molecule has 3 atom stereocenters. The van der Waals surface area contributed by atoms with Crippen LogP contribution >= 0.6 is 0 Å². The molecule has 1 aromatic heterocycles. The molecule has 9 nitrogen and oxygen atoms in total. The molecule has 1 fully saturated rings. The van der Waals surface area contributed by atoms with Crippen molar-refractivity contribution >= 4 is 22.5 Å². The number of carbonyl (C=O) groups excluding carboxylic acids is 1. The standard InChI is InChI=1S/C23H43N3O6Si2/c1-22(2,3)33(7,8)30-14-17-16(32-34(9,10)23(4,5)6)12-19(31-17)26-13-15(11-18(24)27)20(28)25-21(26)29/h13,16-17,19H,11-12,14H2,1-10H3,(H2,24,27)(H,25,28,29)/t16-,17+,19+/m0/s1. The molecule has 0 saturated carbocycles. The molecule has 3 N–H and O–H groups in total. The number of hydrogen-bond acceptors (Lipinski definition) is 6. The molecule has 2 heterocycles. The van der Waals surface area contributed by atoms with Crippen LogP contribution in [-0.2, 0) is 24.8 Å². The maximum absolute atomic E-state index is 12.6. The van der Waals surface area contributed by atoms with E-state index >= 15 is 0 Å². The van der Waals surface area contributed by atoms with Gasteiger partial charge >= 0.3 is 5.69 Å². The minimum absolute atomic E-state index is 0.000593. The van der Waals surface area contributed by atoms with Gasteiger partial charge in [0.15, 0.2) is 16.6 Å². The largest absolute Gasteiger partial charge is 0.414 e. The van der Waals surface area contributed by atoms with Crippen LogP contribution < -0.4 is 17.0 Å². The zero-order valence-corrected chi connectivity index (χ0v) is 24.4. The average molecular weight is 514 g/mol. The van der Waals surface area contributed by atoms with Gasteiger partial charge in [-0.1, -0.05) is 41.5 Å². The second-order valence-electron chi connectivity index (χ2n) is 12.3. The summed E-state index contributed by atoms with van der Waals surface area (Å²) in [6.07, 6.45) is 0.251. The SMILES string of the molecule is CC(C)(C)[Si](C)(C)OC[C@H]1O[C@@H](n2cc(CC(N)=O)c(=O)[nH]c2=O)C[C@@H]1O[Si](C)(C)C(C)(C)C. The van der Waals surface area contributed by atoms with Gasteiger partial charge in [0, 0.05) is 18.2 Å². The predicted octanol–water partition coefficient (Wildman–Crippen LogP) is 3.26. The van der Waals surface area contributed by atoms with Crippen molar-refractivity contribution in [2.45, 2.75) is 109 Å². The van der Waals surface area contributed by atoms with Crippen LogP contribution in [0.4, 0.5) is 0 Å². The summed E-state index contributed by atoms with van der Waals surface area (Å²) in [5.74, 6) is -0.650. The van der Waals surface area contributed by atoms with Crippen LogP contribution in [0, 0.1) is 0 Å². The number of carbonyl (C=O) groups is 1. The Morgan fingerprint density at radius 3 is 2.18 bits per heavy atom. The fraction of sp³-hybridized carbons (Fsp3) is 0.783. The first-order valence-corrected chi connectivity index (χ1v) is 17.7. The van der Waals surface area contributed by atoms with E-state index in [-0.39, 0.29) is 34.3 Å². The van der Waals surface area contributed by atoms with Crippen LogP contribution in [0.3, 0.4) is 0 Å². The summed E-state index contributed by atoms with van der Waals surface area (Å²) >= 11 is 0. The van der Waals surface area contributed by atoms with E-state index < -0.39 is 40.0 Å². The van der Waals surface area contributed by atoms with E-state index in [1.54, 1.807) is 0 Å². The number of nitrogens with two attached hydrogens (primary N) is 1. The molecule has 0 aromatic carbocycles. The number of hydrogen-bond donors (Lipinski definition) is 2. The molecule has 11 heteroatoms. The van der Waals surface area contributed by atoms with Gasteiger partial charge in [0.25, 0.3) is 5.56 Å². The molecule has 0 unspecified atom stereocenters. The Hall–Kier alpha value is -1.54. The number of aromatic amines is 1. The number of nitrogens with one attached hydrogen (secondary N) is 1. The zero-order valence-electron chi connectivity index (χ0n) is 22.4. The van der Waals surface area contributed by atoms with Gasteiger partial charge in [-0.15, -0.1) is 0 Å². The third kappa shape index (κ3) is 6.57. The van der Waals surface area contributed by atoms with Gasteiger partial charge in [-0.2, -0.15) is 0 Å². The van der Waals surface area contributed by atoms with Crippen LogP contribution in [0.25, 0.3) is 0 Å². The molecular weight excluding hydrogens is 470 g/mol. The highest BCUT2D eigenvalue weighted by Crippen LogP contribution is 2.42. The quantitative estimate of drug-likeness (QED) is 0.514. The number of H-pyrrole nitrogens is 1. The first-order valence-electron chi connectivity index (χ1n) is 11.8. The fourth-order valence-corrected chi connectivity index (χ4v) is 5.63. The first-order chi connectivity index (χ1) is 15.2. The Morgan fingerprint density at radius 1 is 1.12 bits per heavy atom. The molecule has 2 rings (SSSR count). The van der Waals surface area contributed by atoms with Crippen LogP contribution in [-0.4, -0.2) is 50.9 Å². The Bertz CT molecular complexity index is 1000. The van der Waals surface area contributed by atoms with E-state index in [1.807, 2.05) is 0 Å². The molecule has 1 aliphatic heterocycles. The molecule has 194 valence electrons. The zero-order chi connectivity index (χ0) is 26.3. The lowest BCUT2D eigenvalue weighted by Crippen LogP contribution is -2.48. The maximum Gasteiger partial charge on any atom is 0.330 e. The van der Waals surface area contributed by atoms with Gasteiger partial charge < -0.3 is 19.3 Å². The van der Waals surface area contributed by atoms with E-state index in [9.17, 15) is 14.4 Å². The fourth-order valence-electron chi connectivity index (χ4n) is 3.26. The van der Waals surface area contributed by atoms with Gasteiger partial charge in [0.2, 0.25) is 5.91 Å². The number of nitrogens with zero attached hydrogens (tertiary/aromatic N) is 1. The van der Waals surface area contributed by atoms with Crippen molar-refractivity contribution in [3.63, 3.8) is 0 Å². The molecule has 0 aliphatic carbocycles. The van der Waals surface area contributed by atoms with Gasteiger partial charge in [-0.3, -0.25) is 19.1 Å². The lowest BCUT2D eigenvalue weighted by Gasteiger charge is -2.40. The summed E-state index contributed by atoms with van der Waals surface area (Å²) in [5, 5.41) is 0.0414. The molecule has 0 bridgehead atoms. The molecule has 0 radical (unpaired) electrons. The number of amides is 1. The van der Waals surface area contributed by atoms with Crippen molar-refractivity contribution in [2.24, 2.45) is 5.73 Å². The van der Waals surface area contributed by atoms with E-state index in [4.69, 9.17) is 19.3 Å². The first kappa shape index (κ1) is 28.7. The number of ether oxygens (including phenoxy) is 1. The Balaban J connectivity index is 2.38. The summed E-state index contributed by atoms with van der Waals surface area (Å²) in [5.41, 5.74) is 4.17. The van der Waals surface area contributed by atoms with E-state index in [0.717, 1.165) is 0 Å². The summed E-state index contributed by atoms with van der Waals surface area (Å²) in [7, 11) is -4.18. The third-order valence-corrected chi connectivity index (χ3v) is 16.6. The Kier molecular flexibility index (Phi) is 8.31. The van der Waals surface area contributed by atoms with Crippen LogP contribution in [0.15, 0.2) is 15.8 Å². The third-order valence-electron chi connectivity index (χ3n) is 7.56. The smallest absolute Gasteiger partial charge is 0.330 e. The van der Waals surface area contributed by atoms with E-state index in [0.29, 0.717) is 13.0 Å². The molecule has 1 aromatic rings. The van der Waals surface area contributed by atoms with Crippen molar-refractivity contribution < 1.29 is 18.4 Å². The molecule has 1 amide bonds. The monoisotopic (exact) mass is 513 g/mol. The van der Waals surface area contributed by atoms with Crippen LogP contribution in [0.1, 0.15) is 59.8 Å². The van der Waals surface area contributed by atoms with Crippen molar-refractivity contribution in [1.29, 1.82) is 0 Å². The number of rotatable bonds is 8. The highest BCUT2D eigenvalue weighted by atomic mass is 28.4. The summed E-state index contributed by atoms with van der Waals surface area (Å²) < 4.78 is 20.8. The van der Waals surface area contributed by atoms with E-state index in [1.165, 1.54) is 10.8 Å². The average Bonchev–Trinajstić information content (AvgIpc) is 3.02. The van der Waals surface area contributed by atoms with Crippen molar-refractivity contribution in [3.05, 3.63) is 32.6 Å². The molecule has 34 heavy (non-hydrogen) atoms. The predicted molar refractivity (Wildman–Crippen MR) is 138 cm³/mol. The molecule has 1 aliphatic rings.